The molecule has 0 radical (unpaired) electrons. The van der Waals surface area contributed by atoms with Crippen molar-refractivity contribution in [1.29, 1.82) is 0 Å². The molecule has 0 aromatic carbocycles. The maximum absolute atomic E-state index is 2.48. The molecule has 0 heteroatoms. The standard InChI is InChI=1S/C15H30/c1-5-7-9-11-15-13(4)12(3)14(15)10-8-6-2/h12-15H,5-11H2,1-4H3. The zero-order valence-electron chi connectivity index (χ0n) is 11.3. The highest BCUT2D eigenvalue weighted by Gasteiger charge is 2.43. The minimum Gasteiger partial charge on any atom is -0.0654 e. The molecule has 0 heterocycles. The van der Waals surface area contributed by atoms with Gasteiger partial charge in [-0.25, -0.2) is 0 Å². The Morgan fingerprint density at radius 2 is 1.13 bits per heavy atom. The van der Waals surface area contributed by atoms with Gasteiger partial charge in [0.1, 0.15) is 0 Å². The predicted octanol–water partition coefficient (Wildman–Crippen LogP) is 5.28. The molecule has 1 fully saturated rings. The van der Waals surface area contributed by atoms with Crippen LogP contribution in [0, 0.1) is 23.7 Å². The molecule has 0 saturated heterocycles. The van der Waals surface area contributed by atoms with E-state index in [2.05, 4.69) is 27.7 Å². The molecule has 4 atom stereocenters. The highest BCUT2D eigenvalue weighted by atomic mass is 14.5. The Hall–Kier alpha value is 0. The van der Waals surface area contributed by atoms with Gasteiger partial charge < -0.3 is 0 Å². The number of hydrogen-bond acceptors (Lipinski definition) is 0. The van der Waals surface area contributed by atoms with Crippen LogP contribution < -0.4 is 0 Å². The van der Waals surface area contributed by atoms with Crippen LogP contribution in [-0.4, -0.2) is 0 Å². The quantitative estimate of drug-likeness (QED) is 0.502. The highest BCUT2D eigenvalue weighted by molar-refractivity contribution is 4.91. The Morgan fingerprint density at radius 3 is 1.60 bits per heavy atom. The molecule has 0 aromatic rings. The Kier molecular flexibility index (Phi) is 5.71. The summed E-state index contributed by atoms with van der Waals surface area (Å²) in [6.07, 6.45) is 10.1. The molecule has 0 aliphatic heterocycles. The minimum atomic E-state index is 1.00. The second kappa shape index (κ2) is 6.55. The lowest BCUT2D eigenvalue weighted by Crippen LogP contribution is -2.43. The zero-order valence-corrected chi connectivity index (χ0v) is 11.3. The van der Waals surface area contributed by atoms with E-state index in [0.29, 0.717) is 0 Å². The molecule has 1 aliphatic carbocycles. The molecule has 0 nitrogen and oxygen atoms in total. The lowest BCUT2D eigenvalue weighted by atomic mass is 9.55. The molecule has 90 valence electrons. The van der Waals surface area contributed by atoms with Crippen LogP contribution >= 0.6 is 0 Å². The van der Waals surface area contributed by atoms with Gasteiger partial charge >= 0.3 is 0 Å². The monoisotopic (exact) mass is 210 g/mol. The van der Waals surface area contributed by atoms with Crippen LogP contribution in [0.3, 0.4) is 0 Å². The molecule has 0 bridgehead atoms. The first-order valence-corrected chi connectivity index (χ1v) is 7.22. The SMILES string of the molecule is CCCCCC1C(C)C(C)C1CCCC. The average Bonchev–Trinajstić information content (AvgIpc) is 2.26. The smallest absolute Gasteiger partial charge is 0.0355 e. The van der Waals surface area contributed by atoms with E-state index in [4.69, 9.17) is 0 Å². The third-order valence-corrected chi connectivity index (χ3v) is 4.76. The summed E-state index contributed by atoms with van der Waals surface area (Å²) in [5.74, 6) is 4.14. The normalized spacial score (nSPS) is 35.2. The Morgan fingerprint density at radius 1 is 0.667 bits per heavy atom. The number of unbranched alkanes of at least 4 members (excludes halogenated alkanes) is 3. The first kappa shape index (κ1) is 13.1. The van der Waals surface area contributed by atoms with Crippen molar-refractivity contribution >= 4 is 0 Å². The largest absolute Gasteiger partial charge is 0.0654 e. The molecule has 1 saturated carbocycles. The molecular weight excluding hydrogens is 180 g/mol. The van der Waals surface area contributed by atoms with Crippen LogP contribution in [0.1, 0.15) is 72.6 Å². The van der Waals surface area contributed by atoms with Crippen molar-refractivity contribution in [2.24, 2.45) is 23.7 Å². The average molecular weight is 210 g/mol. The summed E-state index contributed by atoms with van der Waals surface area (Å²) in [6, 6.07) is 0. The van der Waals surface area contributed by atoms with Crippen LogP contribution in [0.15, 0.2) is 0 Å². The van der Waals surface area contributed by atoms with Gasteiger partial charge in [0.25, 0.3) is 0 Å². The topological polar surface area (TPSA) is 0 Å². The van der Waals surface area contributed by atoms with E-state index in [-0.39, 0.29) is 0 Å². The lowest BCUT2D eigenvalue weighted by molar-refractivity contribution is -0.0122. The molecule has 15 heavy (non-hydrogen) atoms. The first-order valence-electron chi connectivity index (χ1n) is 7.22. The third kappa shape index (κ3) is 3.23. The van der Waals surface area contributed by atoms with Gasteiger partial charge in [0, 0.05) is 0 Å². The maximum atomic E-state index is 2.48. The Bertz CT molecular complexity index is 161. The predicted molar refractivity (Wildman–Crippen MR) is 69.0 cm³/mol. The summed E-state index contributed by atoms with van der Waals surface area (Å²) in [5.41, 5.74) is 0. The summed E-state index contributed by atoms with van der Waals surface area (Å²) in [7, 11) is 0. The summed E-state index contributed by atoms with van der Waals surface area (Å²) in [4.78, 5) is 0. The van der Waals surface area contributed by atoms with E-state index in [1.807, 2.05) is 0 Å². The van der Waals surface area contributed by atoms with Crippen molar-refractivity contribution in [3.05, 3.63) is 0 Å². The summed E-state index contributed by atoms with van der Waals surface area (Å²) in [5, 5.41) is 0. The van der Waals surface area contributed by atoms with Crippen molar-refractivity contribution in [3.8, 4) is 0 Å². The zero-order chi connectivity index (χ0) is 11.3. The second-order valence-corrected chi connectivity index (χ2v) is 5.68. The highest BCUT2D eigenvalue weighted by Crippen LogP contribution is 2.50. The third-order valence-electron chi connectivity index (χ3n) is 4.76. The molecule has 0 amide bonds. The van der Waals surface area contributed by atoms with E-state index >= 15 is 0 Å². The van der Waals surface area contributed by atoms with Crippen molar-refractivity contribution in [2.75, 3.05) is 0 Å². The summed E-state index contributed by atoms with van der Waals surface area (Å²) in [6.45, 7) is 9.57. The van der Waals surface area contributed by atoms with Gasteiger partial charge in [0.2, 0.25) is 0 Å². The van der Waals surface area contributed by atoms with Crippen LogP contribution in [0.4, 0.5) is 0 Å². The lowest BCUT2D eigenvalue weighted by Gasteiger charge is -2.50. The van der Waals surface area contributed by atoms with Crippen molar-refractivity contribution in [2.45, 2.75) is 72.6 Å². The molecule has 0 N–H and O–H groups in total. The minimum absolute atomic E-state index is 1.00. The molecular formula is C15H30. The molecule has 1 rings (SSSR count). The Labute approximate surface area is 96.8 Å². The van der Waals surface area contributed by atoms with Gasteiger partial charge in [0.15, 0.2) is 0 Å². The molecule has 4 unspecified atom stereocenters. The summed E-state index contributed by atoms with van der Waals surface area (Å²) >= 11 is 0. The fourth-order valence-corrected chi connectivity index (χ4v) is 3.44. The van der Waals surface area contributed by atoms with Crippen LogP contribution in [0.5, 0.6) is 0 Å². The van der Waals surface area contributed by atoms with Gasteiger partial charge in [-0.3, -0.25) is 0 Å². The fraction of sp³-hybridized carbons (Fsp3) is 1.00. The first-order chi connectivity index (χ1) is 7.22. The van der Waals surface area contributed by atoms with Gasteiger partial charge in [-0.1, -0.05) is 59.8 Å². The van der Waals surface area contributed by atoms with E-state index < -0.39 is 0 Å². The second-order valence-electron chi connectivity index (χ2n) is 5.68. The van der Waals surface area contributed by atoms with Crippen molar-refractivity contribution < 1.29 is 0 Å². The van der Waals surface area contributed by atoms with Gasteiger partial charge in [-0.2, -0.15) is 0 Å². The summed E-state index contributed by atoms with van der Waals surface area (Å²) < 4.78 is 0. The number of hydrogen-bond donors (Lipinski definition) is 0. The van der Waals surface area contributed by atoms with Gasteiger partial charge in [0.05, 0.1) is 0 Å². The molecule has 1 aliphatic rings. The maximum Gasteiger partial charge on any atom is -0.0355 e. The van der Waals surface area contributed by atoms with E-state index in [1.165, 1.54) is 44.9 Å². The van der Waals surface area contributed by atoms with Crippen LogP contribution in [0.2, 0.25) is 0 Å². The van der Waals surface area contributed by atoms with Gasteiger partial charge in [-0.15, -0.1) is 0 Å². The fourth-order valence-electron chi connectivity index (χ4n) is 3.44. The number of rotatable bonds is 7. The van der Waals surface area contributed by atoms with Crippen LogP contribution in [0.25, 0.3) is 0 Å². The molecule has 0 spiro atoms. The Balaban J connectivity index is 2.26. The van der Waals surface area contributed by atoms with Gasteiger partial charge in [-0.05, 0) is 36.5 Å². The van der Waals surface area contributed by atoms with Crippen LogP contribution in [-0.2, 0) is 0 Å². The van der Waals surface area contributed by atoms with Crippen molar-refractivity contribution in [1.82, 2.24) is 0 Å². The molecule has 0 aromatic heterocycles. The van der Waals surface area contributed by atoms with E-state index in [1.54, 1.807) is 0 Å². The van der Waals surface area contributed by atoms with Crippen molar-refractivity contribution in [3.63, 3.8) is 0 Å². The van der Waals surface area contributed by atoms with E-state index in [0.717, 1.165) is 23.7 Å². The van der Waals surface area contributed by atoms with E-state index in [9.17, 15) is 0 Å².